The number of benzene rings is 4. The summed E-state index contributed by atoms with van der Waals surface area (Å²) in [5, 5.41) is 96.4. The van der Waals surface area contributed by atoms with Gasteiger partial charge in [-0.1, -0.05) is 76.2 Å². The van der Waals surface area contributed by atoms with Gasteiger partial charge < -0.3 is 70.0 Å². The minimum atomic E-state index is -1.77. The molecule has 0 unspecified atom stereocenters. The topological polar surface area (TPSA) is 273 Å². The molecule has 4 aromatic carbocycles. The zero-order chi connectivity index (χ0) is 42.7. The van der Waals surface area contributed by atoms with Crippen molar-refractivity contribution in [3.05, 3.63) is 119 Å². The van der Waals surface area contributed by atoms with Crippen LogP contribution in [0.1, 0.15) is 49.9 Å². The van der Waals surface area contributed by atoms with Gasteiger partial charge >= 0.3 is 11.9 Å². The molecule has 0 radical (unpaired) electrons. The third kappa shape index (κ3) is 9.52. The van der Waals surface area contributed by atoms with Crippen LogP contribution in [0.2, 0.25) is 0 Å². The molecule has 0 saturated carbocycles. The molecule has 2 heterocycles. The Morgan fingerprint density at radius 1 is 0.448 bits per heavy atom. The van der Waals surface area contributed by atoms with Crippen molar-refractivity contribution in [2.45, 2.75) is 99.9 Å². The summed E-state index contributed by atoms with van der Waals surface area (Å²) in [6, 6.07) is 27.7. The molecule has 312 valence electrons. The highest BCUT2D eigenvalue weighted by Gasteiger charge is 2.49. The molecule has 2 saturated heterocycles. The number of aliphatic hydroxyl groups is 6. The maximum absolute atomic E-state index is 11.2. The van der Waals surface area contributed by atoms with E-state index in [1.54, 1.807) is 48.5 Å². The van der Waals surface area contributed by atoms with E-state index >= 15 is 0 Å². The number of carboxylic acid groups (broad SMARTS) is 2. The molecule has 4 aromatic rings. The molecule has 58 heavy (non-hydrogen) atoms. The summed E-state index contributed by atoms with van der Waals surface area (Å²) < 4.78 is 21.3. The fourth-order valence-electron chi connectivity index (χ4n) is 6.56. The summed E-state index contributed by atoms with van der Waals surface area (Å²) in [5.41, 5.74) is 3.19. The lowest BCUT2D eigenvalue weighted by molar-refractivity contribution is -0.271. The normalized spacial score (nSPS) is 27.4. The summed E-state index contributed by atoms with van der Waals surface area (Å²) in [4.78, 5) is 22.4. The fourth-order valence-corrected chi connectivity index (χ4v) is 6.56. The first-order chi connectivity index (χ1) is 27.2. The number of rotatable bonds is 10. The zero-order valence-electron chi connectivity index (χ0n) is 31.9. The second kappa shape index (κ2) is 17.7. The van der Waals surface area contributed by atoms with Crippen LogP contribution in [0, 0.1) is 0 Å². The minimum absolute atomic E-state index is 0.186. The van der Waals surface area contributed by atoms with E-state index in [9.17, 15) is 50.4 Å². The highest BCUT2D eigenvalue weighted by molar-refractivity contribution is 5.74. The first-order valence-corrected chi connectivity index (χ1v) is 18.2. The number of carbonyl (C=O) groups is 2. The van der Waals surface area contributed by atoms with E-state index in [1.165, 1.54) is 0 Å². The molecular weight excluding hydrogens is 760 g/mol. The second-order valence-corrected chi connectivity index (χ2v) is 15.1. The average molecular weight is 809 g/mol. The molecule has 16 nitrogen and oxygen atoms in total. The van der Waals surface area contributed by atoms with Crippen molar-refractivity contribution >= 4 is 11.9 Å². The van der Waals surface area contributed by atoms with Gasteiger partial charge in [0.15, 0.2) is 12.2 Å². The van der Waals surface area contributed by atoms with Gasteiger partial charge in [-0.3, -0.25) is 0 Å². The summed E-state index contributed by atoms with van der Waals surface area (Å²) in [7, 11) is 0. The number of aromatic hydroxyl groups is 2. The van der Waals surface area contributed by atoms with Gasteiger partial charge in [-0.15, -0.1) is 0 Å². The van der Waals surface area contributed by atoms with Crippen molar-refractivity contribution in [2.75, 3.05) is 0 Å². The Morgan fingerprint density at radius 2 is 0.707 bits per heavy atom. The smallest absolute Gasteiger partial charge is 0.335 e. The molecule has 2 aliphatic rings. The van der Waals surface area contributed by atoms with Gasteiger partial charge in [0.25, 0.3) is 0 Å². The highest BCUT2D eigenvalue weighted by atomic mass is 16.7. The number of ether oxygens (including phenoxy) is 4. The fraction of sp³-hybridized carbons (Fsp3) is 0.381. The molecule has 0 spiro atoms. The Balaban J connectivity index is 0.000000221. The zero-order valence-corrected chi connectivity index (χ0v) is 31.9. The molecular formula is C42H48O16. The molecule has 0 amide bonds. The molecule has 2 fully saturated rings. The van der Waals surface area contributed by atoms with Gasteiger partial charge in [-0.05, 0) is 70.8 Å². The van der Waals surface area contributed by atoms with E-state index in [1.807, 2.05) is 76.2 Å². The maximum Gasteiger partial charge on any atom is 0.335 e. The monoisotopic (exact) mass is 808 g/mol. The summed E-state index contributed by atoms with van der Waals surface area (Å²) in [5.74, 6) is -1.97. The standard InChI is InChI=1S/2C21H24O8/c2*1-21(2,11-3-7-13(22)8-4-11)12-5-9-14(10-6-12)28-20-17(25)15(23)16(24)18(29-20)19(26)27/h2*3-10,15-18,20,22-25H,1-2H3,(H,26,27)/t2*15-,16-,17+,18-,20+/m00/s1. The van der Waals surface area contributed by atoms with Crippen molar-refractivity contribution in [3.63, 3.8) is 0 Å². The number of phenols is 2. The average Bonchev–Trinajstić information content (AvgIpc) is 3.19. The van der Waals surface area contributed by atoms with E-state index in [-0.39, 0.29) is 22.3 Å². The molecule has 10 atom stereocenters. The number of hydrogen-bond donors (Lipinski definition) is 10. The molecule has 2 aliphatic heterocycles. The number of carboxylic acids is 2. The minimum Gasteiger partial charge on any atom is -0.508 e. The van der Waals surface area contributed by atoms with Gasteiger partial charge in [-0.25, -0.2) is 9.59 Å². The van der Waals surface area contributed by atoms with Crippen molar-refractivity contribution in [2.24, 2.45) is 0 Å². The van der Waals surface area contributed by atoms with Crippen LogP contribution in [0.25, 0.3) is 0 Å². The van der Waals surface area contributed by atoms with Crippen LogP contribution < -0.4 is 9.47 Å². The molecule has 0 aliphatic carbocycles. The lowest BCUT2D eigenvalue weighted by atomic mass is 9.78. The molecule has 0 aromatic heterocycles. The molecule has 10 N–H and O–H groups in total. The Hall–Kier alpha value is -5.30. The summed E-state index contributed by atoms with van der Waals surface area (Å²) in [6.07, 6.45) is -16.5. The Morgan fingerprint density at radius 3 is 0.966 bits per heavy atom. The van der Waals surface area contributed by atoms with Crippen LogP contribution in [-0.4, -0.2) is 124 Å². The number of aliphatic hydroxyl groups excluding tert-OH is 6. The van der Waals surface area contributed by atoms with Crippen LogP contribution >= 0.6 is 0 Å². The first kappa shape index (κ1) is 43.8. The molecule has 6 rings (SSSR count). The van der Waals surface area contributed by atoms with E-state index < -0.39 is 73.4 Å². The summed E-state index contributed by atoms with van der Waals surface area (Å²) in [6.45, 7) is 8.10. The van der Waals surface area contributed by atoms with Gasteiger partial charge in [0.05, 0.1) is 0 Å². The quantitative estimate of drug-likeness (QED) is 0.110. The van der Waals surface area contributed by atoms with Crippen LogP contribution in [0.15, 0.2) is 97.1 Å². The third-order valence-electron chi connectivity index (χ3n) is 10.5. The van der Waals surface area contributed by atoms with Crippen LogP contribution in [0.3, 0.4) is 0 Å². The first-order valence-electron chi connectivity index (χ1n) is 18.2. The van der Waals surface area contributed by atoms with Gasteiger partial charge in [0.1, 0.15) is 59.6 Å². The van der Waals surface area contributed by atoms with E-state index in [0.29, 0.717) is 11.5 Å². The van der Waals surface area contributed by atoms with Crippen molar-refractivity contribution in [1.82, 2.24) is 0 Å². The lowest BCUT2D eigenvalue weighted by Gasteiger charge is -2.38. The third-order valence-corrected chi connectivity index (χ3v) is 10.5. The van der Waals surface area contributed by atoms with E-state index in [2.05, 4.69) is 0 Å². The van der Waals surface area contributed by atoms with E-state index in [0.717, 1.165) is 22.3 Å². The largest absolute Gasteiger partial charge is 0.508 e. The number of hydrogen-bond acceptors (Lipinski definition) is 14. The second-order valence-electron chi connectivity index (χ2n) is 15.1. The highest BCUT2D eigenvalue weighted by Crippen LogP contribution is 2.35. The van der Waals surface area contributed by atoms with Crippen molar-refractivity contribution in [1.29, 1.82) is 0 Å². The van der Waals surface area contributed by atoms with Crippen LogP contribution in [-0.2, 0) is 29.9 Å². The van der Waals surface area contributed by atoms with Crippen LogP contribution in [0.5, 0.6) is 23.0 Å². The molecule has 16 heteroatoms. The maximum atomic E-state index is 11.2. The Kier molecular flexibility index (Phi) is 13.4. The van der Waals surface area contributed by atoms with Gasteiger partial charge in [0, 0.05) is 10.8 Å². The molecule has 0 bridgehead atoms. The Bertz CT molecular complexity index is 1840. The van der Waals surface area contributed by atoms with Gasteiger partial charge in [-0.2, -0.15) is 0 Å². The number of phenolic OH excluding ortho intramolecular Hbond substituents is 2. The Labute approximate surface area is 333 Å². The van der Waals surface area contributed by atoms with Crippen molar-refractivity contribution < 1.29 is 79.6 Å². The SMILES string of the molecule is CC(C)(c1ccc(O)cc1)c1ccc(O[C@@H]2O[C@H](C(=O)O)[C@@H](O)[C@H](O)[C@H]2O)cc1.CC(C)(c1ccc(O)cc1)c1ccc(O[C@@H]2O[C@H](C(=O)O)[C@@H](O)[C@H](O)[C@H]2O)cc1. The predicted molar refractivity (Wildman–Crippen MR) is 203 cm³/mol. The summed E-state index contributed by atoms with van der Waals surface area (Å²) >= 11 is 0. The lowest BCUT2D eigenvalue weighted by Crippen LogP contribution is -2.61. The van der Waals surface area contributed by atoms with E-state index in [4.69, 9.17) is 29.2 Å². The van der Waals surface area contributed by atoms with Gasteiger partial charge in [0.2, 0.25) is 12.6 Å². The van der Waals surface area contributed by atoms with Crippen LogP contribution in [0.4, 0.5) is 0 Å². The predicted octanol–water partition coefficient (Wildman–Crippen LogP) is 1.98. The number of aliphatic carboxylic acids is 2. The van der Waals surface area contributed by atoms with Crippen molar-refractivity contribution in [3.8, 4) is 23.0 Å².